The van der Waals surface area contributed by atoms with Gasteiger partial charge in [-0.3, -0.25) is 9.35 Å². The second-order valence-corrected chi connectivity index (χ2v) is 12.9. The van der Waals surface area contributed by atoms with Gasteiger partial charge in [-0.15, -0.1) is 0 Å². The number of carbonyl (C=O) groups is 1. The number of hydrogen-bond donors (Lipinski definition) is 4. The maximum Gasteiger partial charge on any atom is 0.397 e. The molecule has 1 aliphatic rings. The number of unbranched alkanes of at least 4 members (excludes halogenated alkanes) is 17. The van der Waals surface area contributed by atoms with Crippen LogP contribution in [0.2, 0.25) is 0 Å². The second-order valence-electron chi connectivity index (χ2n) is 11.8. The third kappa shape index (κ3) is 20.3. The number of carbonyl (C=O) groups excluding carboxylic acids is 1. The molecule has 1 rings (SSSR count). The molecule has 6 atom stereocenters. The van der Waals surface area contributed by atoms with Gasteiger partial charge >= 0.3 is 16.4 Å². The molecule has 262 valence electrons. The first kappa shape index (κ1) is 41.1. The van der Waals surface area contributed by atoms with Crippen LogP contribution >= 0.6 is 0 Å². The van der Waals surface area contributed by atoms with Gasteiger partial charge in [0, 0.05) is 13.5 Å². The molecular formula is C31H60O12S. The van der Waals surface area contributed by atoms with Crippen LogP contribution in [-0.2, 0) is 38.3 Å². The van der Waals surface area contributed by atoms with Crippen molar-refractivity contribution >= 4 is 16.4 Å². The van der Waals surface area contributed by atoms with Crippen molar-refractivity contribution in [1.82, 2.24) is 0 Å². The minimum atomic E-state index is -5.03. The summed E-state index contributed by atoms with van der Waals surface area (Å²) in [4.78, 5) is 11.5. The van der Waals surface area contributed by atoms with Crippen LogP contribution in [0, 0.1) is 0 Å². The number of rotatable bonds is 28. The number of aliphatic hydroxyl groups excluding tert-OH is 3. The summed E-state index contributed by atoms with van der Waals surface area (Å²) in [6.45, 7) is 2.96. The highest BCUT2D eigenvalue weighted by Crippen LogP contribution is 2.26. The van der Waals surface area contributed by atoms with E-state index in [4.69, 9.17) is 23.5 Å². The summed E-state index contributed by atoms with van der Waals surface area (Å²) in [5, 5.41) is 29.9. The van der Waals surface area contributed by atoms with Gasteiger partial charge in [0.25, 0.3) is 0 Å². The molecule has 6 unspecified atom stereocenters. The average Bonchev–Trinajstić information content (AvgIpc) is 2.97. The zero-order valence-corrected chi connectivity index (χ0v) is 27.8. The Labute approximate surface area is 265 Å². The van der Waals surface area contributed by atoms with Crippen LogP contribution in [0.4, 0.5) is 0 Å². The highest BCUT2D eigenvalue weighted by molar-refractivity contribution is 7.80. The molecule has 44 heavy (non-hydrogen) atoms. The van der Waals surface area contributed by atoms with Crippen LogP contribution in [0.15, 0.2) is 0 Å². The van der Waals surface area contributed by atoms with E-state index in [1.165, 1.54) is 103 Å². The molecule has 0 spiro atoms. The summed E-state index contributed by atoms with van der Waals surface area (Å²) in [5.74, 6) is -0.572. The lowest BCUT2D eigenvalue weighted by Gasteiger charge is -2.41. The van der Waals surface area contributed by atoms with Gasteiger partial charge in [-0.1, -0.05) is 116 Å². The van der Waals surface area contributed by atoms with E-state index in [-0.39, 0.29) is 13.2 Å². The molecule has 1 fully saturated rings. The minimum Gasteiger partial charge on any atom is -0.458 e. The molecule has 0 aromatic rings. The van der Waals surface area contributed by atoms with Crippen LogP contribution < -0.4 is 0 Å². The molecule has 13 heteroatoms. The van der Waals surface area contributed by atoms with Crippen molar-refractivity contribution in [3.05, 3.63) is 0 Å². The van der Waals surface area contributed by atoms with Crippen LogP contribution in [-0.4, -0.2) is 97.5 Å². The number of ether oxygens (including phenoxy) is 4. The normalized spacial score (nSPS) is 23.1. The molecule has 0 aliphatic carbocycles. The molecular weight excluding hydrogens is 596 g/mol. The van der Waals surface area contributed by atoms with Gasteiger partial charge in [0.05, 0.1) is 19.8 Å². The highest BCUT2D eigenvalue weighted by atomic mass is 32.3. The Hall–Kier alpha value is -0.900. The molecule has 1 aliphatic heterocycles. The molecule has 0 radical (unpaired) electrons. The maximum absolute atomic E-state index is 11.5. The molecule has 12 nitrogen and oxygen atoms in total. The Morgan fingerprint density at radius 2 is 1.25 bits per heavy atom. The van der Waals surface area contributed by atoms with E-state index in [0.29, 0.717) is 6.61 Å². The summed E-state index contributed by atoms with van der Waals surface area (Å²) in [5.41, 5.74) is 0. The van der Waals surface area contributed by atoms with Gasteiger partial charge in [-0.2, -0.15) is 8.42 Å². The summed E-state index contributed by atoms with van der Waals surface area (Å²) in [7, 11) is -5.03. The Morgan fingerprint density at radius 1 is 0.773 bits per heavy atom. The van der Waals surface area contributed by atoms with Gasteiger partial charge in [0.15, 0.2) is 6.29 Å². The third-order valence-electron chi connectivity index (χ3n) is 7.78. The summed E-state index contributed by atoms with van der Waals surface area (Å²) in [6, 6.07) is 0. The number of esters is 1. The van der Waals surface area contributed by atoms with Crippen LogP contribution in [0.25, 0.3) is 0 Å². The molecule has 1 saturated heterocycles. The van der Waals surface area contributed by atoms with E-state index >= 15 is 0 Å². The summed E-state index contributed by atoms with van der Waals surface area (Å²) < 4.78 is 57.2. The standard InChI is InChI=1S/C31H60O12S/c1-3-4-5-6-7-8-9-10-11-12-13-14-15-16-17-18-19-20-21-39-23-26(41-25(2)33)24-40-31-29(35)30(43-44(36,37)38)28(34)27(22-32)42-31/h26-32,34-35H,3-24H2,1-2H3,(H,36,37,38). The van der Waals surface area contributed by atoms with E-state index in [1.807, 2.05) is 0 Å². The third-order valence-corrected chi connectivity index (χ3v) is 8.24. The Morgan fingerprint density at radius 3 is 1.68 bits per heavy atom. The first-order valence-corrected chi connectivity index (χ1v) is 18.1. The lowest BCUT2D eigenvalue weighted by molar-refractivity contribution is -0.301. The lowest BCUT2D eigenvalue weighted by atomic mass is 9.99. The van der Waals surface area contributed by atoms with E-state index in [0.717, 1.165) is 19.3 Å². The van der Waals surface area contributed by atoms with E-state index < -0.39 is 59.8 Å². The van der Waals surface area contributed by atoms with Gasteiger partial charge < -0.3 is 34.3 Å². The van der Waals surface area contributed by atoms with E-state index in [1.54, 1.807) is 0 Å². The first-order chi connectivity index (χ1) is 21.1. The molecule has 0 aromatic carbocycles. The van der Waals surface area contributed by atoms with E-state index in [2.05, 4.69) is 11.1 Å². The van der Waals surface area contributed by atoms with Crippen LogP contribution in [0.3, 0.4) is 0 Å². The quantitative estimate of drug-likeness (QED) is 0.0523. The predicted octanol–water partition coefficient (Wildman–Crippen LogP) is 4.62. The second kappa shape index (κ2) is 25.2. The zero-order chi connectivity index (χ0) is 32.6. The Bertz CT molecular complexity index is 811. The molecule has 1 heterocycles. The topological polar surface area (TPSA) is 178 Å². The van der Waals surface area contributed by atoms with Crippen molar-refractivity contribution in [2.24, 2.45) is 0 Å². The average molecular weight is 657 g/mol. The van der Waals surface area contributed by atoms with Crippen molar-refractivity contribution in [1.29, 1.82) is 0 Å². The Kier molecular flexibility index (Phi) is 23.6. The maximum atomic E-state index is 11.5. The van der Waals surface area contributed by atoms with Gasteiger partial charge in [0.1, 0.15) is 30.5 Å². The minimum absolute atomic E-state index is 0.0261. The monoisotopic (exact) mass is 656 g/mol. The fourth-order valence-electron chi connectivity index (χ4n) is 5.32. The fraction of sp³-hybridized carbons (Fsp3) is 0.968. The van der Waals surface area contributed by atoms with E-state index in [9.17, 15) is 28.5 Å². The first-order valence-electron chi connectivity index (χ1n) is 16.7. The SMILES string of the molecule is CCCCCCCCCCCCCCCCCCCCOCC(COC1OC(CO)C(O)C(OS(=O)(=O)O)C1O)OC(C)=O. The van der Waals surface area contributed by atoms with Gasteiger partial charge in [-0.25, -0.2) is 4.18 Å². The molecule has 0 aromatic heterocycles. The molecule has 4 N–H and O–H groups in total. The lowest BCUT2D eigenvalue weighted by Crippen LogP contribution is -2.60. The van der Waals surface area contributed by atoms with Crippen molar-refractivity contribution in [3.63, 3.8) is 0 Å². The number of aliphatic hydroxyl groups is 3. The Balaban J connectivity index is 2.14. The predicted molar refractivity (Wildman–Crippen MR) is 165 cm³/mol. The fourth-order valence-corrected chi connectivity index (χ4v) is 5.83. The molecule has 0 bridgehead atoms. The van der Waals surface area contributed by atoms with Crippen LogP contribution in [0.5, 0.6) is 0 Å². The highest BCUT2D eigenvalue weighted by Gasteiger charge is 2.48. The summed E-state index contributed by atoms with van der Waals surface area (Å²) >= 11 is 0. The van der Waals surface area contributed by atoms with Crippen molar-refractivity contribution < 1.29 is 56.2 Å². The van der Waals surface area contributed by atoms with Crippen molar-refractivity contribution in [2.45, 2.75) is 166 Å². The summed E-state index contributed by atoms with van der Waals surface area (Å²) in [6.07, 6.45) is 14.0. The number of hydrogen-bond acceptors (Lipinski definition) is 11. The zero-order valence-electron chi connectivity index (χ0n) is 27.0. The largest absolute Gasteiger partial charge is 0.458 e. The van der Waals surface area contributed by atoms with Gasteiger partial charge in [-0.05, 0) is 6.42 Å². The van der Waals surface area contributed by atoms with Crippen LogP contribution in [0.1, 0.15) is 129 Å². The smallest absolute Gasteiger partial charge is 0.397 e. The molecule has 0 amide bonds. The molecule has 0 saturated carbocycles. The van der Waals surface area contributed by atoms with Crippen molar-refractivity contribution in [3.8, 4) is 0 Å². The van der Waals surface area contributed by atoms with Gasteiger partial charge in [0.2, 0.25) is 0 Å². The van der Waals surface area contributed by atoms with Crippen molar-refractivity contribution in [2.75, 3.05) is 26.4 Å².